The number of nitrogens with one attached hydrogen (secondary N) is 3. The molecule has 42 heavy (non-hydrogen) atoms. The minimum absolute atomic E-state index is 0.0209. The van der Waals surface area contributed by atoms with Gasteiger partial charge in [0.05, 0.1) is 22.8 Å². The molecule has 0 atom stereocenters. The van der Waals surface area contributed by atoms with Crippen LogP contribution < -0.4 is 15.5 Å². The quantitative estimate of drug-likeness (QED) is 0.207. The number of amides is 3. The molecule has 0 unspecified atom stereocenters. The summed E-state index contributed by atoms with van der Waals surface area (Å²) in [6.07, 6.45) is 1.88. The number of hydrogen-bond donors (Lipinski definition) is 3. The lowest BCUT2D eigenvalue weighted by molar-refractivity contribution is -0.137. The van der Waals surface area contributed by atoms with Gasteiger partial charge in [-0.3, -0.25) is 15.0 Å². The van der Waals surface area contributed by atoms with Crippen molar-refractivity contribution in [1.82, 2.24) is 20.6 Å². The molecule has 0 saturated heterocycles. The Balaban J connectivity index is 1.40. The van der Waals surface area contributed by atoms with Gasteiger partial charge in [0.2, 0.25) is 0 Å². The SMILES string of the molecule is O=C(Nc1nn[nH]n1)c1ccc(CN(C(=O)Nc2cc(C(F)(F)F)ccc2Cl)c2ccc(C3=CCCCC3)cc2)cc1. The summed E-state index contributed by atoms with van der Waals surface area (Å²) in [4.78, 5) is 27.4. The summed E-state index contributed by atoms with van der Waals surface area (Å²) < 4.78 is 40.0. The minimum Gasteiger partial charge on any atom is -0.306 e. The first-order valence-electron chi connectivity index (χ1n) is 13.1. The van der Waals surface area contributed by atoms with E-state index in [0.29, 0.717) is 16.8 Å². The molecule has 13 heteroatoms. The highest BCUT2D eigenvalue weighted by molar-refractivity contribution is 6.33. The van der Waals surface area contributed by atoms with Crippen LogP contribution in [0.15, 0.2) is 72.8 Å². The van der Waals surface area contributed by atoms with Crippen LogP contribution in [0.4, 0.5) is 35.3 Å². The van der Waals surface area contributed by atoms with Crippen molar-refractivity contribution in [3.8, 4) is 0 Å². The number of rotatable bonds is 7. The van der Waals surface area contributed by atoms with Crippen LogP contribution in [0.5, 0.6) is 0 Å². The zero-order valence-electron chi connectivity index (χ0n) is 22.1. The Morgan fingerprint density at radius 1 is 0.976 bits per heavy atom. The van der Waals surface area contributed by atoms with Crippen LogP contribution in [0, 0.1) is 0 Å². The van der Waals surface area contributed by atoms with E-state index in [4.69, 9.17) is 11.6 Å². The van der Waals surface area contributed by atoms with Crippen molar-refractivity contribution in [3.05, 3.63) is 100 Å². The largest absolute Gasteiger partial charge is 0.416 e. The van der Waals surface area contributed by atoms with Crippen LogP contribution in [0.1, 0.15) is 52.7 Å². The molecule has 0 aliphatic heterocycles. The summed E-state index contributed by atoms with van der Waals surface area (Å²) in [5.41, 5.74) is 2.70. The molecule has 0 fully saturated rings. The first-order valence-corrected chi connectivity index (χ1v) is 13.4. The normalized spacial score (nSPS) is 13.3. The van der Waals surface area contributed by atoms with Crippen LogP contribution >= 0.6 is 11.6 Å². The lowest BCUT2D eigenvalue weighted by atomic mass is 9.93. The summed E-state index contributed by atoms with van der Waals surface area (Å²) in [6, 6.07) is 16.0. The molecule has 0 spiro atoms. The van der Waals surface area contributed by atoms with Crippen LogP contribution in [-0.4, -0.2) is 32.6 Å². The highest BCUT2D eigenvalue weighted by Gasteiger charge is 2.31. The Morgan fingerprint density at radius 2 is 1.74 bits per heavy atom. The van der Waals surface area contributed by atoms with Gasteiger partial charge in [-0.15, -0.1) is 5.10 Å². The average molecular weight is 596 g/mol. The molecule has 0 saturated carbocycles. The Bertz CT molecular complexity index is 1590. The molecule has 1 aliphatic rings. The highest BCUT2D eigenvalue weighted by atomic mass is 35.5. The first kappa shape index (κ1) is 28.8. The predicted molar refractivity (Wildman–Crippen MR) is 153 cm³/mol. The fourth-order valence-electron chi connectivity index (χ4n) is 4.55. The van der Waals surface area contributed by atoms with E-state index in [1.54, 1.807) is 36.4 Å². The van der Waals surface area contributed by atoms with Gasteiger partial charge in [-0.25, -0.2) is 4.79 Å². The number of H-pyrrole nitrogens is 1. The number of alkyl halides is 3. The number of tetrazole rings is 1. The van der Waals surface area contributed by atoms with Gasteiger partial charge in [0.1, 0.15) is 0 Å². The first-order chi connectivity index (χ1) is 20.2. The van der Waals surface area contributed by atoms with E-state index in [1.165, 1.54) is 10.5 Å². The standard InChI is InChI=1S/C29H25ClF3N7O2/c30-24-15-12-22(29(31,32)33)16-25(24)34-28(42)40(23-13-10-20(11-14-23)19-4-2-1-3-5-19)17-18-6-8-21(9-7-18)26(41)35-27-36-38-39-37-27/h4,6-16H,1-3,5,17H2,(H,34,42)(H2,35,36,37,38,39,41). The third-order valence-electron chi connectivity index (χ3n) is 6.75. The molecule has 3 amide bonds. The zero-order chi connectivity index (χ0) is 29.7. The van der Waals surface area contributed by atoms with Crippen molar-refractivity contribution in [3.63, 3.8) is 0 Å². The number of carbonyl (C=O) groups excluding carboxylic acids is 2. The van der Waals surface area contributed by atoms with E-state index in [2.05, 4.69) is 37.3 Å². The maximum Gasteiger partial charge on any atom is 0.416 e. The molecule has 1 aliphatic carbocycles. The second-order valence-electron chi connectivity index (χ2n) is 9.62. The summed E-state index contributed by atoms with van der Waals surface area (Å²) in [6.45, 7) is 0.0528. The zero-order valence-corrected chi connectivity index (χ0v) is 22.8. The number of benzene rings is 3. The smallest absolute Gasteiger partial charge is 0.306 e. The monoisotopic (exact) mass is 595 g/mol. The fourth-order valence-corrected chi connectivity index (χ4v) is 4.71. The second kappa shape index (κ2) is 12.4. The van der Waals surface area contributed by atoms with Crippen molar-refractivity contribution < 1.29 is 22.8 Å². The Morgan fingerprint density at radius 3 is 2.38 bits per heavy atom. The number of halogens is 4. The van der Waals surface area contributed by atoms with Crippen molar-refractivity contribution in [2.75, 3.05) is 15.5 Å². The van der Waals surface area contributed by atoms with Crippen molar-refractivity contribution in [2.45, 2.75) is 38.4 Å². The molecule has 1 heterocycles. The number of aromatic amines is 1. The van der Waals surface area contributed by atoms with Gasteiger partial charge in [-0.1, -0.05) is 47.0 Å². The third kappa shape index (κ3) is 6.95. The van der Waals surface area contributed by atoms with Crippen LogP contribution in [-0.2, 0) is 12.7 Å². The number of nitrogens with zero attached hydrogens (tertiary/aromatic N) is 4. The number of anilines is 3. The Hall–Kier alpha value is -4.71. The average Bonchev–Trinajstić information content (AvgIpc) is 3.50. The minimum atomic E-state index is -4.61. The molecular formula is C29H25ClF3N7O2. The molecule has 0 radical (unpaired) electrons. The third-order valence-corrected chi connectivity index (χ3v) is 7.08. The Kier molecular flexibility index (Phi) is 8.53. The summed E-state index contributed by atoms with van der Waals surface area (Å²) in [7, 11) is 0. The van der Waals surface area contributed by atoms with Crippen molar-refractivity contribution >= 4 is 46.4 Å². The second-order valence-corrected chi connectivity index (χ2v) is 10.0. The molecule has 3 N–H and O–H groups in total. The molecule has 216 valence electrons. The van der Waals surface area contributed by atoms with E-state index < -0.39 is 23.7 Å². The Labute approximate surface area is 243 Å². The number of urea groups is 1. The van der Waals surface area contributed by atoms with Gasteiger partial charge in [-0.2, -0.15) is 18.4 Å². The van der Waals surface area contributed by atoms with Gasteiger partial charge < -0.3 is 5.32 Å². The molecule has 4 aromatic rings. The maximum absolute atomic E-state index is 13.5. The van der Waals surface area contributed by atoms with E-state index in [9.17, 15) is 22.8 Å². The lowest BCUT2D eigenvalue weighted by Gasteiger charge is -2.25. The molecule has 5 rings (SSSR count). The molecular weight excluding hydrogens is 571 g/mol. The van der Waals surface area contributed by atoms with Crippen LogP contribution in [0.3, 0.4) is 0 Å². The van der Waals surface area contributed by atoms with E-state index in [0.717, 1.165) is 49.4 Å². The highest BCUT2D eigenvalue weighted by Crippen LogP contribution is 2.34. The summed E-state index contributed by atoms with van der Waals surface area (Å²) in [5.74, 6) is -0.433. The number of aromatic nitrogens is 4. The van der Waals surface area contributed by atoms with Gasteiger partial charge in [0.25, 0.3) is 11.9 Å². The van der Waals surface area contributed by atoms with Gasteiger partial charge >= 0.3 is 12.2 Å². The van der Waals surface area contributed by atoms with E-state index in [1.807, 2.05) is 12.1 Å². The van der Waals surface area contributed by atoms with E-state index >= 15 is 0 Å². The molecule has 3 aromatic carbocycles. The number of allylic oxidation sites excluding steroid dienone is 2. The maximum atomic E-state index is 13.5. The predicted octanol–water partition coefficient (Wildman–Crippen LogP) is 7.32. The van der Waals surface area contributed by atoms with Gasteiger partial charge in [0, 0.05) is 11.3 Å². The summed E-state index contributed by atoms with van der Waals surface area (Å²) in [5, 5.41) is 18.0. The van der Waals surface area contributed by atoms with Crippen LogP contribution in [0.2, 0.25) is 5.02 Å². The van der Waals surface area contributed by atoms with E-state index in [-0.39, 0.29) is 23.2 Å². The van der Waals surface area contributed by atoms with Gasteiger partial charge in [0.15, 0.2) is 0 Å². The molecule has 1 aromatic heterocycles. The fraction of sp³-hybridized carbons (Fsp3) is 0.207. The molecule has 0 bridgehead atoms. The summed E-state index contributed by atoms with van der Waals surface area (Å²) >= 11 is 6.15. The number of hydrogen-bond acceptors (Lipinski definition) is 5. The topological polar surface area (TPSA) is 116 Å². The number of carbonyl (C=O) groups is 2. The van der Waals surface area contributed by atoms with Gasteiger partial charge in [-0.05, 0) is 90.1 Å². The van der Waals surface area contributed by atoms with Crippen molar-refractivity contribution in [2.24, 2.45) is 0 Å². The van der Waals surface area contributed by atoms with Crippen molar-refractivity contribution in [1.29, 1.82) is 0 Å². The molecule has 9 nitrogen and oxygen atoms in total. The van der Waals surface area contributed by atoms with Crippen LogP contribution in [0.25, 0.3) is 5.57 Å². The lowest BCUT2D eigenvalue weighted by Crippen LogP contribution is -2.34.